The van der Waals surface area contributed by atoms with Gasteiger partial charge in [0.2, 0.25) is 0 Å². The maximum Gasteiger partial charge on any atom is 0.527 e. The highest BCUT2D eigenvalue weighted by molar-refractivity contribution is 7.45. The molecule has 5 heteroatoms. The zero-order chi connectivity index (χ0) is 16.3. The van der Waals surface area contributed by atoms with E-state index in [0.29, 0.717) is 0 Å². The van der Waals surface area contributed by atoms with Crippen LogP contribution in [-0.2, 0) is 4.57 Å². The fourth-order valence-electron chi connectivity index (χ4n) is 6.02. The smallest absolute Gasteiger partial charge is 0.279 e. The largest absolute Gasteiger partial charge is 0.527 e. The van der Waals surface area contributed by atoms with Crippen molar-refractivity contribution in [3.8, 4) is 0 Å². The van der Waals surface area contributed by atoms with Crippen LogP contribution in [0.25, 0.3) is 0 Å². The molecule has 23 heavy (non-hydrogen) atoms. The number of hydrogen-bond acceptors (Lipinski definition) is 1. The molecule has 3 aliphatic carbocycles. The molecule has 4 nitrogen and oxygen atoms in total. The predicted molar refractivity (Wildman–Crippen MR) is 92.9 cm³/mol. The average molecular weight is 344 g/mol. The monoisotopic (exact) mass is 344 g/mol. The van der Waals surface area contributed by atoms with E-state index in [1.54, 1.807) is 0 Å². The highest BCUT2D eigenvalue weighted by atomic mass is 31.2. The first-order valence-corrected chi connectivity index (χ1v) is 11.6. The Morgan fingerprint density at radius 2 is 0.826 bits per heavy atom. The van der Waals surface area contributed by atoms with Crippen molar-refractivity contribution in [2.45, 2.75) is 114 Å². The van der Waals surface area contributed by atoms with Crippen LogP contribution in [0.3, 0.4) is 0 Å². The van der Waals surface area contributed by atoms with Crippen LogP contribution in [0.1, 0.15) is 96.3 Å². The van der Waals surface area contributed by atoms with Crippen LogP contribution in [0, 0.1) is 0 Å². The van der Waals surface area contributed by atoms with Gasteiger partial charge in [0, 0.05) is 0 Å². The maximum absolute atomic E-state index is 13.0. The molecule has 0 heterocycles. The van der Waals surface area contributed by atoms with Crippen molar-refractivity contribution in [1.82, 2.24) is 0 Å². The topological polar surface area (TPSA) is 57.5 Å². The second-order valence-corrected chi connectivity index (χ2v) is 9.90. The first-order chi connectivity index (χ1) is 11.1. The third-order valence-corrected chi connectivity index (χ3v) is 8.81. The summed E-state index contributed by atoms with van der Waals surface area (Å²) in [4.78, 5) is 21.3. The van der Waals surface area contributed by atoms with E-state index in [4.69, 9.17) is 0 Å². The summed E-state index contributed by atoms with van der Waals surface area (Å²) in [5.74, 6) is 0. The molecule has 0 bridgehead atoms. The lowest BCUT2D eigenvalue weighted by Gasteiger charge is -2.56. The molecular weight excluding hydrogens is 309 g/mol. The van der Waals surface area contributed by atoms with Gasteiger partial charge in [0.1, 0.15) is 0 Å². The van der Waals surface area contributed by atoms with Gasteiger partial charge in [-0.3, -0.25) is 9.79 Å². The van der Waals surface area contributed by atoms with Gasteiger partial charge in [0.05, 0.1) is 18.1 Å². The van der Waals surface area contributed by atoms with Crippen molar-refractivity contribution < 1.29 is 18.6 Å². The van der Waals surface area contributed by atoms with Crippen molar-refractivity contribution >= 4 is 7.75 Å². The lowest BCUT2D eigenvalue weighted by molar-refractivity contribution is -0.903. The van der Waals surface area contributed by atoms with Crippen molar-refractivity contribution in [3.05, 3.63) is 0 Å². The predicted octanol–water partition coefficient (Wildman–Crippen LogP) is 4.89. The molecule has 0 radical (unpaired) electrons. The number of nitrogens with zero attached hydrogens (tertiary/aromatic N) is 1. The molecule has 3 saturated carbocycles. The summed E-state index contributed by atoms with van der Waals surface area (Å²) in [5.41, 5.74) is 0. The maximum atomic E-state index is 13.0. The highest BCUT2D eigenvalue weighted by Crippen LogP contribution is 2.60. The molecule has 0 unspecified atom stereocenters. The summed E-state index contributed by atoms with van der Waals surface area (Å²) in [5, 5.41) is 0. The first-order valence-electron chi connectivity index (χ1n) is 10.0. The van der Waals surface area contributed by atoms with Crippen LogP contribution in [0.5, 0.6) is 0 Å². The van der Waals surface area contributed by atoms with E-state index < -0.39 is 7.75 Å². The van der Waals surface area contributed by atoms with Gasteiger partial charge < -0.3 is 0 Å². The quantitative estimate of drug-likeness (QED) is 0.714. The van der Waals surface area contributed by atoms with Crippen molar-refractivity contribution in [3.63, 3.8) is 0 Å². The Morgan fingerprint density at radius 1 is 0.565 bits per heavy atom. The van der Waals surface area contributed by atoms with E-state index in [-0.39, 0.29) is 22.4 Å². The molecule has 0 amide bonds. The van der Waals surface area contributed by atoms with E-state index in [1.807, 2.05) is 0 Å². The lowest BCUT2D eigenvalue weighted by atomic mass is 9.84. The van der Waals surface area contributed by atoms with E-state index >= 15 is 0 Å². The molecule has 3 fully saturated rings. The number of quaternary nitrogens is 1. The van der Waals surface area contributed by atoms with Crippen LogP contribution < -0.4 is 0 Å². The summed E-state index contributed by atoms with van der Waals surface area (Å²) in [6, 6.07) is 0.613. The Labute approximate surface area is 141 Å². The van der Waals surface area contributed by atoms with Crippen LogP contribution in [0.4, 0.5) is 0 Å². The number of rotatable bonds is 4. The molecule has 0 aromatic carbocycles. The van der Waals surface area contributed by atoms with Gasteiger partial charge in [-0.2, -0.15) is 0 Å². The molecular formula is C18H35NO3P+. The second kappa shape index (κ2) is 7.56. The van der Waals surface area contributed by atoms with Gasteiger partial charge in [-0.05, 0) is 77.0 Å². The molecule has 0 spiro atoms. The van der Waals surface area contributed by atoms with Gasteiger partial charge in [-0.1, -0.05) is 19.3 Å². The standard InChI is InChI=1S/C18H34NO3P/c20-23(21,22)19(16-10-4-1-5-11-16,17-12-6-2-7-13-17)18-14-8-3-9-15-18/h16-18H,1-15H2,(H-,20,21,22)/p+1. The molecule has 3 aliphatic rings. The summed E-state index contributed by atoms with van der Waals surface area (Å²) in [6.45, 7) is 0. The van der Waals surface area contributed by atoms with Crippen molar-refractivity contribution in [2.24, 2.45) is 0 Å². The van der Waals surface area contributed by atoms with Crippen LogP contribution in [0.2, 0.25) is 0 Å². The minimum Gasteiger partial charge on any atom is -0.279 e. The lowest BCUT2D eigenvalue weighted by Crippen LogP contribution is -2.65. The summed E-state index contributed by atoms with van der Waals surface area (Å²) in [6.07, 6.45) is 16.8. The molecule has 0 aromatic rings. The Hall–Kier alpha value is 0.110. The fraction of sp³-hybridized carbons (Fsp3) is 1.00. The number of hydrogen-bond donors (Lipinski definition) is 2. The third-order valence-electron chi connectivity index (χ3n) is 6.93. The molecule has 0 aliphatic heterocycles. The summed E-state index contributed by atoms with van der Waals surface area (Å²) >= 11 is 0. The Bertz CT molecular complexity index is 372. The minimum absolute atomic E-state index is 0.188. The molecule has 0 aromatic heterocycles. The van der Waals surface area contributed by atoms with E-state index in [2.05, 4.69) is 0 Å². The zero-order valence-corrected chi connectivity index (χ0v) is 15.4. The molecule has 0 atom stereocenters. The Balaban J connectivity index is 2.01. The van der Waals surface area contributed by atoms with Gasteiger partial charge >= 0.3 is 7.75 Å². The average Bonchev–Trinajstić information content (AvgIpc) is 2.57. The second-order valence-electron chi connectivity index (χ2n) is 8.18. The van der Waals surface area contributed by atoms with E-state index in [1.165, 1.54) is 19.3 Å². The van der Waals surface area contributed by atoms with Gasteiger partial charge in [-0.15, -0.1) is 0 Å². The van der Waals surface area contributed by atoms with Gasteiger partial charge in [-0.25, -0.2) is 8.82 Å². The highest BCUT2D eigenvalue weighted by Gasteiger charge is 2.60. The zero-order valence-electron chi connectivity index (χ0n) is 14.5. The Kier molecular flexibility index (Phi) is 5.89. The SMILES string of the molecule is O=P(O)(O)[N+](C1CCCCC1)(C1CCCCC1)C1CCCCC1. The molecule has 0 saturated heterocycles. The molecule has 2 N–H and O–H groups in total. The first kappa shape index (κ1) is 17.9. The van der Waals surface area contributed by atoms with E-state index in [0.717, 1.165) is 77.0 Å². The fourth-order valence-corrected chi connectivity index (χ4v) is 7.99. The van der Waals surface area contributed by atoms with Gasteiger partial charge in [0.25, 0.3) is 0 Å². The van der Waals surface area contributed by atoms with Crippen LogP contribution in [0.15, 0.2) is 0 Å². The van der Waals surface area contributed by atoms with Crippen LogP contribution >= 0.6 is 7.75 Å². The molecule has 134 valence electrons. The molecule has 3 rings (SSSR count). The summed E-state index contributed by atoms with van der Waals surface area (Å²) < 4.78 is 13.2. The van der Waals surface area contributed by atoms with E-state index in [9.17, 15) is 14.4 Å². The van der Waals surface area contributed by atoms with Gasteiger partial charge in [0.15, 0.2) is 0 Å². The normalized spacial score (nSPS) is 27.2. The van der Waals surface area contributed by atoms with Crippen molar-refractivity contribution in [2.75, 3.05) is 0 Å². The minimum atomic E-state index is -4.17. The van der Waals surface area contributed by atoms with Crippen molar-refractivity contribution in [1.29, 1.82) is 0 Å². The summed E-state index contributed by atoms with van der Waals surface area (Å²) in [7, 11) is -4.17. The third kappa shape index (κ3) is 3.42. The Morgan fingerprint density at radius 3 is 1.04 bits per heavy atom. The van der Waals surface area contributed by atoms with Crippen LogP contribution in [-0.4, -0.2) is 32.2 Å².